The summed E-state index contributed by atoms with van der Waals surface area (Å²) in [6.07, 6.45) is 2.74. The lowest BCUT2D eigenvalue weighted by atomic mass is 10.2. The maximum absolute atomic E-state index is 12.5. The number of sulfonamides is 1. The molecule has 168 valence electrons. The molecule has 2 amide bonds. The van der Waals surface area contributed by atoms with Crippen molar-refractivity contribution in [2.45, 2.75) is 32.6 Å². The van der Waals surface area contributed by atoms with Crippen LogP contribution in [0.3, 0.4) is 0 Å². The smallest absolute Gasteiger partial charge is 0.347 e. The van der Waals surface area contributed by atoms with Gasteiger partial charge in [-0.2, -0.15) is 4.31 Å². The number of nitrogens with one attached hydrogen (secondary N) is 2. The number of benzene rings is 1. The average molecular weight is 450 g/mol. The SMILES string of the molecule is C[C@H]1CN(S(=O)(=O)CCNC(=O)Nc2cccc(Cn3cccnc3=O)c2)C[C@H](C)O1. The lowest BCUT2D eigenvalue weighted by Crippen LogP contribution is -2.49. The van der Waals surface area contributed by atoms with Crippen molar-refractivity contribution in [1.29, 1.82) is 0 Å². The van der Waals surface area contributed by atoms with Gasteiger partial charge in [-0.1, -0.05) is 12.1 Å². The molecule has 1 aromatic heterocycles. The molecule has 2 atom stereocenters. The maximum atomic E-state index is 12.5. The third kappa shape index (κ3) is 6.61. The van der Waals surface area contributed by atoms with Crippen LogP contribution in [-0.2, 0) is 21.3 Å². The standard InChI is InChI=1S/C20H27N5O5S/c1-15-12-25(13-16(2)30-15)31(28,29)10-8-21-19(26)23-18-6-3-5-17(11-18)14-24-9-4-7-22-20(24)27/h3-7,9,11,15-16H,8,10,12-14H2,1-2H3,(H2,21,23,26)/t15-,16-/m0/s1. The van der Waals surface area contributed by atoms with Crippen LogP contribution in [0.5, 0.6) is 0 Å². The number of nitrogens with zero attached hydrogens (tertiary/aromatic N) is 3. The molecular formula is C20H27N5O5S. The first-order chi connectivity index (χ1) is 14.7. The van der Waals surface area contributed by atoms with E-state index in [-0.39, 0.29) is 30.2 Å². The molecule has 0 bridgehead atoms. The van der Waals surface area contributed by atoms with E-state index in [1.165, 1.54) is 15.1 Å². The van der Waals surface area contributed by atoms with Crippen LogP contribution in [0, 0.1) is 0 Å². The number of rotatable bonds is 7. The second-order valence-corrected chi connectivity index (χ2v) is 9.59. The number of hydrogen-bond acceptors (Lipinski definition) is 6. The largest absolute Gasteiger partial charge is 0.373 e. The third-order valence-corrected chi connectivity index (χ3v) is 6.55. The molecule has 1 fully saturated rings. The second kappa shape index (κ2) is 10.0. The molecular weight excluding hydrogens is 422 g/mol. The summed E-state index contributed by atoms with van der Waals surface area (Å²) < 4.78 is 33.5. The summed E-state index contributed by atoms with van der Waals surface area (Å²) in [4.78, 5) is 27.6. The van der Waals surface area contributed by atoms with E-state index in [2.05, 4.69) is 15.6 Å². The molecule has 2 heterocycles. The van der Waals surface area contributed by atoms with Crippen LogP contribution >= 0.6 is 0 Å². The van der Waals surface area contributed by atoms with Crippen LogP contribution in [0.4, 0.5) is 10.5 Å². The zero-order chi connectivity index (χ0) is 22.4. The molecule has 11 heteroatoms. The first kappa shape index (κ1) is 22.9. The van der Waals surface area contributed by atoms with Crippen LogP contribution in [0.2, 0.25) is 0 Å². The number of aromatic nitrogens is 2. The summed E-state index contributed by atoms with van der Waals surface area (Å²) in [5.74, 6) is -0.191. The molecule has 1 aromatic carbocycles. The Labute approximate surface area is 181 Å². The Morgan fingerprint density at radius 3 is 2.68 bits per heavy atom. The van der Waals surface area contributed by atoms with Crippen LogP contribution in [0.15, 0.2) is 47.5 Å². The Hall–Kier alpha value is -2.76. The van der Waals surface area contributed by atoms with Crippen LogP contribution in [0.1, 0.15) is 19.4 Å². The number of carbonyl (C=O) groups excluding carboxylic acids is 1. The Morgan fingerprint density at radius 1 is 1.23 bits per heavy atom. The van der Waals surface area contributed by atoms with E-state index in [9.17, 15) is 18.0 Å². The highest BCUT2D eigenvalue weighted by Crippen LogP contribution is 2.15. The zero-order valence-electron chi connectivity index (χ0n) is 17.5. The van der Waals surface area contributed by atoms with E-state index in [0.717, 1.165) is 5.56 Å². The predicted octanol–water partition coefficient (Wildman–Crippen LogP) is 0.852. The molecule has 1 saturated heterocycles. The number of ether oxygens (including phenoxy) is 1. The average Bonchev–Trinajstić information content (AvgIpc) is 2.69. The van der Waals surface area contributed by atoms with Gasteiger partial charge in [-0.3, -0.25) is 4.57 Å². The summed E-state index contributed by atoms with van der Waals surface area (Å²) in [6, 6.07) is 8.21. The number of amides is 2. The van der Waals surface area contributed by atoms with Crippen molar-refractivity contribution in [3.8, 4) is 0 Å². The van der Waals surface area contributed by atoms with Gasteiger partial charge in [-0.05, 0) is 37.6 Å². The minimum Gasteiger partial charge on any atom is -0.373 e. The van der Waals surface area contributed by atoms with Gasteiger partial charge in [0.15, 0.2) is 0 Å². The van der Waals surface area contributed by atoms with Gasteiger partial charge in [0, 0.05) is 37.7 Å². The van der Waals surface area contributed by atoms with E-state index < -0.39 is 16.1 Å². The van der Waals surface area contributed by atoms with Gasteiger partial charge < -0.3 is 15.4 Å². The van der Waals surface area contributed by atoms with Crippen molar-refractivity contribution in [3.05, 3.63) is 58.8 Å². The van der Waals surface area contributed by atoms with Crippen molar-refractivity contribution in [2.24, 2.45) is 0 Å². The fourth-order valence-electron chi connectivity index (χ4n) is 3.41. The Bertz CT molecular complexity index is 1060. The molecule has 0 unspecified atom stereocenters. The van der Waals surface area contributed by atoms with Gasteiger partial charge in [-0.15, -0.1) is 0 Å². The highest BCUT2D eigenvalue weighted by atomic mass is 32.2. The molecule has 3 rings (SSSR count). The fraction of sp³-hybridized carbons (Fsp3) is 0.450. The Kier molecular flexibility index (Phi) is 7.42. The van der Waals surface area contributed by atoms with Gasteiger partial charge in [0.05, 0.1) is 24.5 Å². The summed E-state index contributed by atoms with van der Waals surface area (Å²) in [7, 11) is -3.49. The Morgan fingerprint density at radius 2 is 1.97 bits per heavy atom. The minimum absolute atomic E-state index is 0.0148. The van der Waals surface area contributed by atoms with E-state index in [1.807, 2.05) is 19.9 Å². The molecule has 0 radical (unpaired) electrons. The number of anilines is 1. The van der Waals surface area contributed by atoms with E-state index >= 15 is 0 Å². The molecule has 2 aromatic rings. The Balaban J connectivity index is 1.51. The van der Waals surface area contributed by atoms with Gasteiger partial charge in [0.25, 0.3) is 0 Å². The van der Waals surface area contributed by atoms with Crippen molar-refractivity contribution in [3.63, 3.8) is 0 Å². The molecule has 0 spiro atoms. The first-order valence-electron chi connectivity index (χ1n) is 10.0. The van der Waals surface area contributed by atoms with E-state index in [0.29, 0.717) is 25.3 Å². The van der Waals surface area contributed by atoms with Crippen LogP contribution in [0.25, 0.3) is 0 Å². The number of urea groups is 1. The lowest BCUT2D eigenvalue weighted by molar-refractivity contribution is -0.0440. The predicted molar refractivity (Wildman–Crippen MR) is 116 cm³/mol. The van der Waals surface area contributed by atoms with Crippen LogP contribution in [-0.4, -0.2) is 65.9 Å². The number of carbonyl (C=O) groups is 1. The highest BCUT2D eigenvalue weighted by molar-refractivity contribution is 7.89. The van der Waals surface area contributed by atoms with Crippen molar-refractivity contribution < 1.29 is 17.9 Å². The molecule has 0 aliphatic carbocycles. The van der Waals surface area contributed by atoms with Gasteiger partial charge >= 0.3 is 11.7 Å². The summed E-state index contributed by atoms with van der Waals surface area (Å²) in [5, 5.41) is 5.26. The third-order valence-electron chi connectivity index (χ3n) is 4.75. The summed E-state index contributed by atoms with van der Waals surface area (Å²) >= 11 is 0. The quantitative estimate of drug-likeness (QED) is 0.646. The maximum Gasteiger partial charge on any atom is 0.347 e. The number of morpholine rings is 1. The van der Waals surface area contributed by atoms with Gasteiger partial charge in [0.2, 0.25) is 10.0 Å². The molecule has 1 aliphatic rings. The van der Waals surface area contributed by atoms with E-state index in [4.69, 9.17) is 4.74 Å². The normalized spacial score (nSPS) is 19.7. The summed E-state index contributed by atoms with van der Waals surface area (Å²) in [5.41, 5.74) is 0.987. The second-order valence-electron chi connectivity index (χ2n) is 7.50. The van der Waals surface area contributed by atoms with Gasteiger partial charge in [-0.25, -0.2) is 23.0 Å². The number of hydrogen-bond donors (Lipinski definition) is 2. The van der Waals surface area contributed by atoms with E-state index in [1.54, 1.807) is 30.5 Å². The topological polar surface area (TPSA) is 123 Å². The monoisotopic (exact) mass is 449 g/mol. The highest BCUT2D eigenvalue weighted by Gasteiger charge is 2.30. The fourth-order valence-corrected chi connectivity index (χ4v) is 4.90. The molecule has 10 nitrogen and oxygen atoms in total. The van der Waals surface area contributed by atoms with Crippen molar-refractivity contribution in [2.75, 3.05) is 30.7 Å². The van der Waals surface area contributed by atoms with Crippen LogP contribution < -0.4 is 16.3 Å². The molecule has 31 heavy (non-hydrogen) atoms. The summed E-state index contributed by atoms with van der Waals surface area (Å²) in [6.45, 7) is 4.60. The van der Waals surface area contributed by atoms with Crippen molar-refractivity contribution in [1.82, 2.24) is 19.2 Å². The van der Waals surface area contributed by atoms with Crippen molar-refractivity contribution >= 4 is 21.7 Å². The zero-order valence-corrected chi connectivity index (χ0v) is 18.3. The molecule has 1 aliphatic heterocycles. The lowest BCUT2D eigenvalue weighted by Gasteiger charge is -2.34. The molecule has 0 saturated carbocycles. The molecule has 2 N–H and O–H groups in total. The minimum atomic E-state index is -3.49. The first-order valence-corrected chi connectivity index (χ1v) is 11.6. The van der Waals surface area contributed by atoms with Gasteiger partial charge in [0.1, 0.15) is 0 Å².